The van der Waals surface area contributed by atoms with E-state index < -0.39 is 11.9 Å². The van der Waals surface area contributed by atoms with Gasteiger partial charge < -0.3 is 15.4 Å². The summed E-state index contributed by atoms with van der Waals surface area (Å²) in [7, 11) is 0. The van der Waals surface area contributed by atoms with Gasteiger partial charge in [-0.15, -0.1) is 11.3 Å². The van der Waals surface area contributed by atoms with E-state index in [1.54, 1.807) is 18.2 Å². The second-order valence-electron chi connectivity index (χ2n) is 6.69. The summed E-state index contributed by atoms with van der Waals surface area (Å²) in [6.07, 6.45) is -0.918. The van der Waals surface area contributed by atoms with Crippen LogP contribution in [0.3, 0.4) is 0 Å². The molecule has 2 N–H and O–H groups in total. The van der Waals surface area contributed by atoms with Gasteiger partial charge in [-0.2, -0.15) is 0 Å². The van der Waals surface area contributed by atoms with Crippen molar-refractivity contribution in [1.82, 2.24) is 5.06 Å². The molecule has 0 bridgehead atoms. The number of hydrogen-bond donors (Lipinski definition) is 1. The van der Waals surface area contributed by atoms with Crippen LogP contribution in [0.1, 0.15) is 9.67 Å². The summed E-state index contributed by atoms with van der Waals surface area (Å²) in [5, 5.41) is 3.16. The van der Waals surface area contributed by atoms with Crippen molar-refractivity contribution in [2.24, 2.45) is 5.73 Å². The SMILES string of the molecule is NC[C@H]1CN(c2ccc(N3CCON(C(=O)c4cccs4)CC3)c(F)c2)C(=O)O1. The number of hydroxylamine groups is 2. The summed E-state index contributed by atoms with van der Waals surface area (Å²) < 4.78 is 20.0. The van der Waals surface area contributed by atoms with Crippen molar-refractivity contribution >= 4 is 34.7 Å². The van der Waals surface area contributed by atoms with Gasteiger partial charge in [0.25, 0.3) is 5.91 Å². The molecule has 2 aromatic rings. The number of amides is 2. The summed E-state index contributed by atoms with van der Waals surface area (Å²) in [4.78, 5) is 33.8. The normalized spacial score (nSPS) is 20.0. The van der Waals surface area contributed by atoms with Crippen LogP contribution in [0.25, 0.3) is 0 Å². The Morgan fingerprint density at radius 3 is 2.83 bits per heavy atom. The zero-order chi connectivity index (χ0) is 20.4. The van der Waals surface area contributed by atoms with Crippen LogP contribution >= 0.6 is 11.3 Å². The van der Waals surface area contributed by atoms with Crippen molar-refractivity contribution in [2.75, 3.05) is 49.1 Å². The van der Waals surface area contributed by atoms with E-state index in [-0.39, 0.29) is 25.2 Å². The predicted octanol–water partition coefficient (Wildman–Crippen LogP) is 2.07. The number of anilines is 2. The van der Waals surface area contributed by atoms with Crippen LogP contribution < -0.4 is 15.5 Å². The second-order valence-corrected chi connectivity index (χ2v) is 7.64. The number of benzene rings is 1. The number of halogens is 1. The Labute approximate surface area is 171 Å². The largest absolute Gasteiger partial charge is 0.443 e. The molecule has 8 nitrogen and oxygen atoms in total. The van der Waals surface area contributed by atoms with E-state index in [0.717, 1.165) is 0 Å². The number of hydrogen-bond acceptors (Lipinski definition) is 7. The molecule has 154 valence electrons. The second kappa shape index (κ2) is 8.36. The van der Waals surface area contributed by atoms with Gasteiger partial charge in [0.05, 0.1) is 35.9 Å². The molecule has 2 aliphatic rings. The quantitative estimate of drug-likeness (QED) is 0.815. The van der Waals surface area contributed by atoms with Gasteiger partial charge in [-0.1, -0.05) is 6.07 Å². The van der Waals surface area contributed by atoms with Gasteiger partial charge in [0, 0.05) is 19.6 Å². The van der Waals surface area contributed by atoms with Crippen molar-refractivity contribution in [3.05, 3.63) is 46.4 Å². The van der Waals surface area contributed by atoms with E-state index in [2.05, 4.69) is 0 Å². The van der Waals surface area contributed by atoms with Crippen LogP contribution in [0.2, 0.25) is 0 Å². The lowest BCUT2D eigenvalue weighted by atomic mass is 10.2. The average Bonchev–Trinajstić information content (AvgIpc) is 3.32. The van der Waals surface area contributed by atoms with Gasteiger partial charge in [0.1, 0.15) is 11.9 Å². The minimum atomic E-state index is -0.529. The molecular weight excluding hydrogens is 399 g/mol. The zero-order valence-corrected chi connectivity index (χ0v) is 16.4. The fourth-order valence-electron chi connectivity index (χ4n) is 3.35. The van der Waals surface area contributed by atoms with Crippen LogP contribution in [0.4, 0.5) is 20.6 Å². The fourth-order valence-corrected chi connectivity index (χ4v) is 4.01. The number of nitrogens with two attached hydrogens (primary N) is 1. The Balaban J connectivity index is 1.45. The third-order valence-electron chi connectivity index (χ3n) is 4.86. The van der Waals surface area contributed by atoms with Gasteiger partial charge in [0.2, 0.25) is 0 Å². The van der Waals surface area contributed by atoms with E-state index in [1.165, 1.54) is 27.4 Å². The number of carbonyl (C=O) groups excluding carboxylic acids is 2. The van der Waals surface area contributed by atoms with Crippen LogP contribution in [-0.4, -0.2) is 62.5 Å². The van der Waals surface area contributed by atoms with E-state index in [9.17, 15) is 14.0 Å². The van der Waals surface area contributed by atoms with Gasteiger partial charge in [-0.05, 0) is 29.6 Å². The Bertz CT molecular complexity index is 894. The molecule has 0 saturated carbocycles. The minimum Gasteiger partial charge on any atom is -0.443 e. The molecule has 0 spiro atoms. The highest BCUT2D eigenvalue weighted by Gasteiger charge is 2.32. The number of nitrogens with zero attached hydrogens (tertiary/aromatic N) is 3. The molecule has 0 unspecified atom stereocenters. The Hall–Kier alpha value is -2.69. The van der Waals surface area contributed by atoms with Crippen LogP contribution in [0.5, 0.6) is 0 Å². The smallest absolute Gasteiger partial charge is 0.414 e. The van der Waals surface area contributed by atoms with Crippen LogP contribution in [0, 0.1) is 5.82 Å². The maximum atomic E-state index is 14.8. The highest BCUT2D eigenvalue weighted by atomic mass is 32.1. The molecule has 29 heavy (non-hydrogen) atoms. The summed E-state index contributed by atoms with van der Waals surface area (Å²) in [6.45, 7) is 1.95. The van der Waals surface area contributed by atoms with E-state index in [1.807, 2.05) is 16.3 Å². The summed E-state index contributed by atoms with van der Waals surface area (Å²) in [6, 6.07) is 8.18. The van der Waals surface area contributed by atoms with Gasteiger partial charge in [-0.25, -0.2) is 14.2 Å². The minimum absolute atomic E-state index is 0.195. The van der Waals surface area contributed by atoms with Gasteiger partial charge >= 0.3 is 6.09 Å². The van der Waals surface area contributed by atoms with E-state index in [4.69, 9.17) is 15.3 Å². The fraction of sp³-hybridized carbons (Fsp3) is 0.368. The number of rotatable bonds is 4. The molecule has 4 rings (SSSR count). The topological polar surface area (TPSA) is 88.3 Å². The van der Waals surface area contributed by atoms with E-state index >= 15 is 0 Å². The molecule has 0 radical (unpaired) electrons. The van der Waals surface area contributed by atoms with E-state index in [0.29, 0.717) is 42.4 Å². The molecule has 1 aromatic heterocycles. The molecule has 1 atom stereocenters. The lowest BCUT2D eigenvalue weighted by Crippen LogP contribution is -2.34. The van der Waals surface area contributed by atoms with Crippen molar-refractivity contribution in [1.29, 1.82) is 0 Å². The molecular formula is C19H21FN4O4S. The van der Waals surface area contributed by atoms with Crippen molar-refractivity contribution in [2.45, 2.75) is 6.10 Å². The molecule has 3 heterocycles. The van der Waals surface area contributed by atoms with Gasteiger partial charge in [0.15, 0.2) is 0 Å². The maximum Gasteiger partial charge on any atom is 0.414 e. The number of ether oxygens (including phenoxy) is 1. The first kappa shape index (κ1) is 19.6. The lowest BCUT2D eigenvalue weighted by Gasteiger charge is -2.23. The first-order valence-corrected chi connectivity index (χ1v) is 10.2. The van der Waals surface area contributed by atoms with Crippen molar-refractivity contribution in [3.63, 3.8) is 0 Å². The molecule has 2 amide bonds. The third kappa shape index (κ3) is 4.04. The number of cyclic esters (lactones) is 1. The van der Waals surface area contributed by atoms with Crippen molar-refractivity contribution < 1.29 is 23.6 Å². The number of thiophene rings is 1. The zero-order valence-electron chi connectivity index (χ0n) is 15.6. The van der Waals surface area contributed by atoms with Gasteiger partial charge in [-0.3, -0.25) is 14.5 Å². The van der Waals surface area contributed by atoms with Crippen LogP contribution in [0.15, 0.2) is 35.7 Å². The highest BCUT2D eigenvalue weighted by molar-refractivity contribution is 7.12. The first-order chi connectivity index (χ1) is 14.1. The molecule has 2 saturated heterocycles. The summed E-state index contributed by atoms with van der Waals surface area (Å²) in [5.74, 6) is -0.649. The third-order valence-corrected chi connectivity index (χ3v) is 5.72. The average molecular weight is 420 g/mol. The van der Waals surface area contributed by atoms with Crippen molar-refractivity contribution in [3.8, 4) is 0 Å². The highest BCUT2D eigenvalue weighted by Crippen LogP contribution is 2.28. The monoisotopic (exact) mass is 420 g/mol. The first-order valence-electron chi connectivity index (χ1n) is 9.28. The Morgan fingerprint density at radius 1 is 1.28 bits per heavy atom. The number of carbonyl (C=O) groups is 2. The summed E-state index contributed by atoms with van der Waals surface area (Å²) in [5.41, 5.74) is 6.36. The lowest BCUT2D eigenvalue weighted by molar-refractivity contribution is -0.111. The maximum absolute atomic E-state index is 14.8. The molecule has 1 aromatic carbocycles. The Morgan fingerprint density at radius 2 is 2.14 bits per heavy atom. The molecule has 10 heteroatoms. The molecule has 0 aliphatic carbocycles. The molecule has 2 aliphatic heterocycles. The standard InChI is InChI=1S/C19H21FN4O4S/c20-15-10-13(23-12-14(11-21)28-19(23)26)3-4-16(15)22-5-6-24(27-8-7-22)18(25)17-2-1-9-29-17/h1-4,9-10,14H,5-8,11-12,21H2/t14-/m0/s1. The Kier molecular flexibility index (Phi) is 5.65. The summed E-state index contributed by atoms with van der Waals surface area (Å²) >= 11 is 1.35. The predicted molar refractivity (Wildman–Crippen MR) is 107 cm³/mol. The molecule has 2 fully saturated rings. The van der Waals surface area contributed by atoms with Crippen LogP contribution in [-0.2, 0) is 9.57 Å².